The first-order valence-electron chi connectivity index (χ1n) is 13.2. The van der Waals surface area contributed by atoms with Gasteiger partial charge in [0.1, 0.15) is 4.90 Å². The monoisotopic (exact) mass is 511 g/mol. The van der Waals surface area contributed by atoms with E-state index in [2.05, 4.69) is 24.3 Å². The van der Waals surface area contributed by atoms with Crippen LogP contribution in [0.5, 0.6) is 5.88 Å². The Kier molecular flexibility index (Phi) is 8.46. The molecule has 4 bridgehead atoms. The number of hydrogen-bond acceptors (Lipinski definition) is 6. The second kappa shape index (κ2) is 11.0. The minimum absolute atomic E-state index is 0. The third-order valence-electron chi connectivity index (χ3n) is 8.60. The van der Waals surface area contributed by atoms with Crippen molar-refractivity contribution in [2.45, 2.75) is 101 Å². The number of carbonyl (C=O) groups is 1. The van der Waals surface area contributed by atoms with Gasteiger partial charge in [-0.25, -0.2) is 0 Å². The summed E-state index contributed by atoms with van der Waals surface area (Å²) in [5, 5.41) is 8.15. The van der Waals surface area contributed by atoms with Gasteiger partial charge >= 0.3 is 0 Å². The van der Waals surface area contributed by atoms with Crippen molar-refractivity contribution >= 4 is 30.1 Å². The van der Waals surface area contributed by atoms with Gasteiger partial charge in [0.25, 0.3) is 11.8 Å². The van der Waals surface area contributed by atoms with Gasteiger partial charge < -0.3 is 20.3 Å². The molecule has 34 heavy (non-hydrogen) atoms. The van der Waals surface area contributed by atoms with Crippen molar-refractivity contribution in [1.29, 1.82) is 0 Å². The maximum atomic E-state index is 13.5. The largest absolute Gasteiger partial charge is 0.474 e. The van der Waals surface area contributed by atoms with Crippen LogP contribution >= 0.6 is 24.2 Å². The fraction of sp³-hybridized carbons (Fsp3) is 0.846. The topological polar surface area (TPSA) is 90.4 Å². The average Bonchev–Trinajstić information content (AvgIpc) is 3.43. The molecule has 0 unspecified atom stereocenters. The fourth-order valence-corrected chi connectivity index (χ4v) is 8.41. The smallest absolute Gasteiger partial charge is 0.291 e. The number of aromatic nitrogens is 1. The molecule has 8 heteroatoms. The summed E-state index contributed by atoms with van der Waals surface area (Å²) < 4.78 is 11.9. The van der Waals surface area contributed by atoms with E-state index in [1.165, 1.54) is 57.8 Å². The van der Waals surface area contributed by atoms with E-state index in [4.69, 9.17) is 15.0 Å². The summed E-state index contributed by atoms with van der Waals surface area (Å²) >= 11 is 1.74. The van der Waals surface area contributed by atoms with Crippen LogP contribution in [0, 0.1) is 29.1 Å². The number of hydrogen-bond donors (Lipinski definition) is 2. The van der Waals surface area contributed by atoms with E-state index in [-0.39, 0.29) is 23.7 Å². The maximum Gasteiger partial charge on any atom is 0.291 e. The molecule has 1 aromatic heterocycles. The van der Waals surface area contributed by atoms with E-state index in [0.29, 0.717) is 47.9 Å². The molecule has 1 heterocycles. The third kappa shape index (κ3) is 5.73. The van der Waals surface area contributed by atoms with Crippen LogP contribution in [0.4, 0.5) is 0 Å². The molecule has 0 spiro atoms. The molecule has 1 amide bonds. The lowest BCUT2D eigenvalue weighted by atomic mass is 9.54. The molecule has 0 aliphatic heterocycles. The zero-order chi connectivity index (χ0) is 23.0. The first-order chi connectivity index (χ1) is 15.9. The number of carbonyl (C=O) groups excluding carboxylic acids is 1. The maximum absolute atomic E-state index is 13.5. The summed E-state index contributed by atoms with van der Waals surface area (Å²) in [5.74, 6) is 3.80. The highest BCUT2D eigenvalue weighted by Crippen LogP contribution is 2.54. The minimum atomic E-state index is -0.0993. The molecule has 5 saturated carbocycles. The highest BCUT2D eigenvalue weighted by molar-refractivity contribution is 8.00. The van der Waals surface area contributed by atoms with Gasteiger partial charge in [-0.3, -0.25) is 4.79 Å². The van der Waals surface area contributed by atoms with Crippen molar-refractivity contribution in [3.8, 4) is 5.88 Å². The summed E-state index contributed by atoms with van der Waals surface area (Å²) in [6.07, 6.45) is 13.4. The van der Waals surface area contributed by atoms with Gasteiger partial charge in [0, 0.05) is 11.3 Å². The number of amides is 1. The third-order valence-corrected chi connectivity index (χ3v) is 10.00. The Balaban J connectivity index is 0.00000274. The zero-order valence-corrected chi connectivity index (χ0v) is 22.4. The molecule has 192 valence electrons. The summed E-state index contributed by atoms with van der Waals surface area (Å²) in [7, 11) is 0. The van der Waals surface area contributed by atoms with Crippen LogP contribution in [-0.4, -0.2) is 35.5 Å². The standard InChI is InChI=1S/C26H41N3O3S.ClH/c1-26(2,8-5-9-27)15-31-25-23(33-20-6-3-4-7-20)22(32-29-25)24(30)28-21-18-11-16-10-17(13-18)14-19(21)12-16;/h16-21H,3-15,27H2,1-2H3,(H,28,30);1H. The van der Waals surface area contributed by atoms with E-state index >= 15 is 0 Å². The number of halogens is 1. The lowest BCUT2D eigenvalue weighted by molar-refractivity contribution is -0.0124. The van der Waals surface area contributed by atoms with E-state index in [1.54, 1.807) is 11.8 Å². The Morgan fingerprint density at radius 1 is 1.15 bits per heavy atom. The molecular formula is C26H42ClN3O3S. The summed E-state index contributed by atoms with van der Waals surface area (Å²) in [6.45, 7) is 5.60. The van der Waals surface area contributed by atoms with Crippen molar-refractivity contribution in [3.05, 3.63) is 5.76 Å². The van der Waals surface area contributed by atoms with E-state index in [1.807, 2.05) is 0 Å². The lowest BCUT2D eigenvalue weighted by Gasteiger charge is -2.54. The Hall–Kier alpha value is -0.920. The van der Waals surface area contributed by atoms with Crippen LogP contribution in [0.1, 0.15) is 95.0 Å². The molecule has 5 aliphatic rings. The Labute approximate surface area is 214 Å². The predicted molar refractivity (Wildman–Crippen MR) is 138 cm³/mol. The van der Waals surface area contributed by atoms with E-state index in [9.17, 15) is 4.79 Å². The molecule has 1 aromatic rings. The molecule has 0 radical (unpaired) electrons. The van der Waals surface area contributed by atoms with Gasteiger partial charge in [0.15, 0.2) is 0 Å². The minimum Gasteiger partial charge on any atom is -0.474 e. The van der Waals surface area contributed by atoms with Crippen LogP contribution in [0.3, 0.4) is 0 Å². The number of rotatable bonds is 10. The Bertz CT molecular complexity index is 811. The van der Waals surface area contributed by atoms with Crippen molar-refractivity contribution < 1.29 is 14.1 Å². The van der Waals surface area contributed by atoms with Gasteiger partial charge in [-0.15, -0.1) is 24.2 Å². The van der Waals surface area contributed by atoms with E-state index < -0.39 is 0 Å². The quantitative estimate of drug-likeness (QED) is 0.410. The molecule has 5 aliphatic carbocycles. The van der Waals surface area contributed by atoms with Crippen molar-refractivity contribution in [3.63, 3.8) is 0 Å². The second-order valence-corrected chi connectivity index (χ2v) is 13.3. The summed E-state index contributed by atoms with van der Waals surface area (Å²) in [6, 6.07) is 0.291. The highest BCUT2D eigenvalue weighted by atomic mass is 35.5. The van der Waals surface area contributed by atoms with Crippen molar-refractivity contribution in [1.82, 2.24) is 10.5 Å². The molecule has 6 nitrogen and oxygen atoms in total. The lowest BCUT2D eigenvalue weighted by Crippen LogP contribution is -2.55. The van der Waals surface area contributed by atoms with Crippen LogP contribution in [0.15, 0.2) is 9.42 Å². The van der Waals surface area contributed by atoms with Gasteiger partial charge in [-0.2, -0.15) is 0 Å². The molecule has 3 N–H and O–H groups in total. The Morgan fingerprint density at radius 3 is 2.41 bits per heavy atom. The number of ether oxygens (including phenoxy) is 1. The van der Waals surface area contributed by atoms with Gasteiger partial charge in [-0.05, 0) is 98.6 Å². The van der Waals surface area contributed by atoms with Crippen LogP contribution < -0.4 is 15.8 Å². The molecule has 5 fully saturated rings. The van der Waals surface area contributed by atoms with Crippen LogP contribution in [-0.2, 0) is 0 Å². The van der Waals surface area contributed by atoms with Crippen molar-refractivity contribution in [2.24, 2.45) is 34.8 Å². The fourth-order valence-electron chi connectivity index (χ4n) is 7.07. The van der Waals surface area contributed by atoms with Crippen LogP contribution in [0.25, 0.3) is 0 Å². The normalized spacial score (nSPS) is 30.4. The second-order valence-electron chi connectivity index (χ2n) is 11.9. The molecule has 6 rings (SSSR count). The molecule has 0 saturated heterocycles. The van der Waals surface area contributed by atoms with Crippen LogP contribution in [0.2, 0.25) is 0 Å². The van der Waals surface area contributed by atoms with Gasteiger partial charge in [-0.1, -0.05) is 26.7 Å². The molecule has 0 atom stereocenters. The van der Waals surface area contributed by atoms with Gasteiger partial charge in [0.2, 0.25) is 5.76 Å². The number of thioether (sulfide) groups is 1. The number of nitrogens with zero attached hydrogens (tertiary/aromatic N) is 1. The number of nitrogens with two attached hydrogens (primary N) is 1. The summed E-state index contributed by atoms with van der Waals surface area (Å²) in [4.78, 5) is 14.3. The first-order valence-corrected chi connectivity index (χ1v) is 14.1. The average molecular weight is 512 g/mol. The number of nitrogens with one attached hydrogen (secondary N) is 1. The van der Waals surface area contributed by atoms with E-state index in [0.717, 1.165) is 29.6 Å². The zero-order valence-electron chi connectivity index (χ0n) is 20.7. The molecular weight excluding hydrogens is 470 g/mol. The SMILES string of the molecule is CC(C)(CCCN)COc1noc(C(=O)NC2C3CC4CC(C3)CC2C4)c1SC1CCCC1.Cl. The first kappa shape index (κ1) is 26.2. The Morgan fingerprint density at radius 2 is 1.79 bits per heavy atom. The summed E-state index contributed by atoms with van der Waals surface area (Å²) in [5.41, 5.74) is 5.70. The highest BCUT2D eigenvalue weighted by Gasteiger charge is 2.49. The van der Waals surface area contributed by atoms with Gasteiger partial charge in [0.05, 0.1) is 6.61 Å². The molecule has 0 aromatic carbocycles. The predicted octanol–water partition coefficient (Wildman–Crippen LogP) is 5.83. The van der Waals surface area contributed by atoms with Crippen molar-refractivity contribution in [2.75, 3.05) is 13.2 Å².